The zero-order valence-corrected chi connectivity index (χ0v) is 30.1. The van der Waals surface area contributed by atoms with Crippen molar-refractivity contribution in [3.05, 3.63) is 138 Å². The van der Waals surface area contributed by atoms with Gasteiger partial charge in [0.25, 0.3) is 5.82 Å². The molecule has 0 fully saturated rings. The third kappa shape index (κ3) is 4.20. The molecule has 1 aliphatic carbocycles. The van der Waals surface area contributed by atoms with E-state index in [2.05, 4.69) is 133 Å². The van der Waals surface area contributed by atoms with Crippen LogP contribution >= 0.6 is 0 Å². The molecule has 52 heavy (non-hydrogen) atoms. The SMILES string of the molecule is C=C(/C(=C\C=C/C)N1c2ccccc2N2CCCC[n+]3c4n(c5ccccc53)-c3ccccc3C(=CC21)C4)C1c2c(nnn2C)-c2c1n(C)n[n+]2C. The molecule has 0 saturated heterocycles. The van der Waals surface area contributed by atoms with Gasteiger partial charge < -0.3 is 9.80 Å². The van der Waals surface area contributed by atoms with Gasteiger partial charge in [0, 0.05) is 24.9 Å². The van der Waals surface area contributed by atoms with Crippen LogP contribution in [0.15, 0.2) is 115 Å². The van der Waals surface area contributed by atoms with Crippen molar-refractivity contribution in [3.63, 3.8) is 0 Å². The number of aromatic nitrogens is 8. The van der Waals surface area contributed by atoms with Gasteiger partial charge >= 0.3 is 0 Å². The first-order chi connectivity index (χ1) is 25.5. The summed E-state index contributed by atoms with van der Waals surface area (Å²) in [4.78, 5) is 5.14. The second kappa shape index (κ2) is 11.5. The number of para-hydroxylation sites is 5. The highest BCUT2D eigenvalue weighted by molar-refractivity contribution is 5.87. The van der Waals surface area contributed by atoms with Crippen LogP contribution in [0.2, 0.25) is 0 Å². The molecule has 0 saturated carbocycles. The first-order valence-electron chi connectivity index (χ1n) is 18.3. The van der Waals surface area contributed by atoms with E-state index in [9.17, 15) is 0 Å². The van der Waals surface area contributed by atoms with Crippen LogP contribution in [0.3, 0.4) is 0 Å². The van der Waals surface area contributed by atoms with Crippen LogP contribution in [0.4, 0.5) is 11.4 Å². The molecule has 2 atom stereocenters. The number of nitrogens with zero attached hydrogens (tertiary/aromatic N) is 10. The van der Waals surface area contributed by atoms with Crippen molar-refractivity contribution >= 4 is 28.0 Å². The fourth-order valence-electron chi connectivity index (χ4n) is 9.29. The Morgan fingerprint density at radius 3 is 2.52 bits per heavy atom. The number of fused-ring (bicyclic) bond motifs is 13. The summed E-state index contributed by atoms with van der Waals surface area (Å²) in [6.45, 7) is 8.92. The summed E-state index contributed by atoms with van der Waals surface area (Å²) in [7, 11) is 5.98. The van der Waals surface area contributed by atoms with E-state index in [4.69, 9.17) is 11.8 Å². The predicted octanol–water partition coefficient (Wildman–Crippen LogP) is 5.82. The fourth-order valence-corrected chi connectivity index (χ4v) is 9.29. The standard InChI is InChI=1S/C42H42N10/c1-6-7-17-30(27(2)38-40-39(43-44-46(40)3)42-41(38)47(4)45-48(42)5)51-34-21-12-10-19-32(34)49-23-14-15-24-50-33-20-11-13-22-35(33)52-31-18-9-8-16-29(31)28(25-36(49)51)26-37(50)52/h6-13,16-22,25,36,38H,2,14-15,23-24,26H2,1,3-5H3/q+2/b7-6-,28-25?,30-17+. The maximum absolute atomic E-state index is 4.93. The lowest BCUT2D eigenvalue weighted by atomic mass is 9.92. The number of anilines is 2. The second-order valence-electron chi connectivity index (χ2n) is 14.3. The number of imidazole rings is 1. The minimum absolute atomic E-state index is 0.0798. The summed E-state index contributed by atoms with van der Waals surface area (Å²) in [5, 5.41) is 13.9. The predicted molar refractivity (Wildman–Crippen MR) is 203 cm³/mol. The van der Waals surface area contributed by atoms with Crippen LogP contribution in [0, 0.1) is 0 Å². The molecule has 2 unspecified atom stereocenters. The Morgan fingerprint density at radius 2 is 1.67 bits per heavy atom. The van der Waals surface area contributed by atoms with Gasteiger partial charge in [0.15, 0.2) is 22.4 Å². The third-order valence-corrected chi connectivity index (χ3v) is 11.4. The molecular formula is C42H42N10+2. The van der Waals surface area contributed by atoms with E-state index in [0.29, 0.717) is 0 Å². The Bertz CT molecular complexity index is 2560. The molecule has 6 aromatic rings. The lowest BCUT2D eigenvalue weighted by Crippen LogP contribution is -2.43. The molecule has 3 aromatic heterocycles. The van der Waals surface area contributed by atoms with Crippen molar-refractivity contribution in [1.29, 1.82) is 0 Å². The van der Waals surface area contributed by atoms with Gasteiger partial charge in [-0.1, -0.05) is 66.4 Å². The molecule has 6 heterocycles. The number of rotatable bonds is 4. The maximum atomic E-state index is 4.93. The van der Waals surface area contributed by atoms with Gasteiger partial charge in [0.2, 0.25) is 5.69 Å². The highest BCUT2D eigenvalue weighted by Crippen LogP contribution is 2.51. The lowest BCUT2D eigenvalue weighted by Gasteiger charge is -2.35. The summed E-state index contributed by atoms with van der Waals surface area (Å²) < 4.78 is 10.9. The van der Waals surface area contributed by atoms with E-state index in [-0.39, 0.29) is 12.1 Å². The fraction of sp³-hybridized carbons (Fsp3) is 0.262. The molecule has 2 bridgehead atoms. The first kappa shape index (κ1) is 30.8. The summed E-state index contributed by atoms with van der Waals surface area (Å²) in [6.07, 6.45) is 11.9. The molecule has 0 radical (unpaired) electrons. The molecule has 4 aliphatic rings. The molecule has 0 N–H and O–H groups in total. The maximum Gasteiger partial charge on any atom is 0.267 e. The molecule has 3 aromatic carbocycles. The Labute approximate surface area is 303 Å². The van der Waals surface area contributed by atoms with Crippen LogP contribution in [-0.4, -0.2) is 42.2 Å². The molecule has 10 rings (SSSR count). The van der Waals surface area contributed by atoms with Crippen LogP contribution in [0.25, 0.3) is 33.7 Å². The largest absolute Gasteiger partial charge is 0.346 e. The Morgan fingerprint density at radius 1 is 0.904 bits per heavy atom. The number of hydrogen-bond acceptors (Lipinski definition) is 5. The van der Waals surface area contributed by atoms with Gasteiger partial charge in [-0.2, -0.15) is 4.57 Å². The van der Waals surface area contributed by atoms with E-state index in [1.807, 2.05) is 35.2 Å². The number of benzene rings is 3. The van der Waals surface area contributed by atoms with Crippen LogP contribution in [0.5, 0.6) is 0 Å². The van der Waals surface area contributed by atoms with Crippen molar-refractivity contribution in [3.8, 4) is 17.1 Å². The van der Waals surface area contributed by atoms with Gasteiger partial charge in [0.05, 0.1) is 41.2 Å². The molecule has 10 nitrogen and oxygen atoms in total. The van der Waals surface area contributed by atoms with Crippen molar-refractivity contribution in [2.75, 3.05) is 16.3 Å². The first-order valence-corrected chi connectivity index (χ1v) is 18.3. The quantitative estimate of drug-likeness (QED) is 0.173. The van der Waals surface area contributed by atoms with Crippen molar-refractivity contribution in [2.24, 2.45) is 21.1 Å². The zero-order valence-electron chi connectivity index (χ0n) is 30.1. The van der Waals surface area contributed by atoms with Gasteiger partial charge in [-0.3, -0.25) is 4.68 Å². The van der Waals surface area contributed by atoms with E-state index >= 15 is 0 Å². The Hall–Kier alpha value is -6.03. The second-order valence-corrected chi connectivity index (χ2v) is 14.3. The van der Waals surface area contributed by atoms with Crippen LogP contribution < -0.4 is 19.0 Å². The van der Waals surface area contributed by atoms with Gasteiger partial charge in [-0.15, -0.1) is 14.5 Å². The average molecular weight is 687 g/mol. The van der Waals surface area contributed by atoms with Crippen molar-refractivity contribution < 1.29 is 9.25 Å². The van der Waals surface area contributed by atoms with E-state index < -0.39 is 0 Å². The molecule has 258 valence electrons. The van der Waals surface area contributed by atoms with E-state index in [0.717, 1.165) is 66.4 Å². The summed E-state index contributed by atoms with van der Waals surface area (Å²) in [5.41, 5.74) is 14.9. The average Bonchev–Trinajstić information content (AvgIpc) is 3.93. The van der Waals surface area contributed by atoms with Crippen LogP contribution in [-0.2, 0) is 34.1 Å². The summed E-state index contributed by atoms with van der Waals surface area (Å²) in [5.74, 6) is 1.16. The number of hydrogen-bond donors (Lipinski definition) is 0. The van der Waals surface area contributed by atoms with E-state index in [1.54, 1.807) is 0 Å². The highest BCUT2D eigenvalue weighted by atomic mass is 15.5. The smallest absolute Gasteiger partial charge is 0.267 e. The molecule has 3 aliphatic heterocycles. The van der Waals surface area contributed by atoms with Crippen molar-refractivity contribution in [2.45, 2.75) is 44.8 Å². The van der Waals surface area contributed by atoms with Crippen molar-refractivity contribution in [1.82, 2.24) is 29.5 Å². The Balaban J connectivity index is 1.18. The molecule has 10 heteroatoms. The van der Waals surface area contributed by atoms with Gasteiger partial charge in [-0.05, 0) is 73.4 Å². The topological polar surface area (TPSA) is 67.7 Å². The van der Waals surface area contributed by atoms with E-state index in [1.165, 1.54) is 45.1 Å². The van der Waals surface area contributed by atoms with Gasteiger partial charge in [0.1, 0.15) is 25.9 Å². The van der Waals surface area contributed by atoms with Crippen LogP contribution in [0.1, 0.15) is 48.5 Å². The summed E-state index contributed by atoms with van der Waals surface area (Å²) in [6, 6.07) is 26.7. The van der Waals surface area contributed by atoms with Gasteiger partial charge in [-0.25, -0.2) is 4.57 Å². The monoisotopic (exact) mass is 686 g/mol. The Kier molecular flexibility index (Phi) is 6.80. The molecule has 0 amide bonds. The summed E-state index contributed by atoms with van der Waals surface area (Å²) >= 11 is 0. The minimum atomic E-state index is -0.179. The molecular weight excluding hydrogens is 645 g/mol. The highest BCUT2D eigenvalue weighted by Gasteiger charge is 2.48. The number of aryl methyl sites for hydroxylation is 4. The molecule has 0 spiro atoms. The normalized spacial score (nSPS) is 18.9. The minimum Gasteiger partial charge on any atom is -0.346 e. The third-order valence-electron chi connectivity index (χ3n) is 11.4. The lowest BCUT2D eigenvalue weighted by molar-refractivity contribution is -0.722. The number of allylic oxidation sites excluding steroid dienone is 5. The zero-order chi connectivity index (χ0) is 35.2.